The predicted molar refractivity (Wildman–Crippen MR) is 90.8 cm³/mol. The molecule has 1 unspecified atom stereocenters. The van der Waals surface area contributed by atoms with Crippen LogP contribution in [-0.2, 0) is 4.79 Å². The molecule has 0 spiro atoms. The summed E-state index contributed by atoms with van der Waals surface area (Å²) in [5.74, 6) is 5.19. The number of nitrogens with two attached hydrogens (primary N) is 3. The molecule has 122 valence electrons. The van der Waals surface area contributed by atoms with Gasteiger partial charge in [0.15, 0.2) is 5.84 Å². The lowest BCUT2D eigenvalue weighted by molar-refractivity contribution is -0.123. The predicted octanol–water partition coefficient (Wildman–Crippen LogP) is 0.622. The summed E-state index contributed by atoms with van der Waals surface area (Å²) in [5, 5.41) is 14.0. The van der Waals surface area contributed by atoms with Crippen molar-refractivity contribution in [2.24, 2.45) is 22.4 Å². The first-order valence-corrected chi connectivity index (χ1v) is 7.10. The van der Waals surface area contributed by atoms with Crippen LogP contribution in [0.4, 0.5) is 5.69 Å². The van der Waals surface area contributed by atoms with Crippen LogP contribution in [0.5, 0.6) is 5.75 Å². The zero-order chi connectivity index (χ0) is 17.3. The van der Waals surface area contributed by atoms with Crippen molar-refractivity contribution in [1.29, 1.82) is 5.41 Å². The number of carbonyl (C=O) groups excluding carboxylic acids is 1. The Morgan fingerprint density at radius 3 is 2.54 bits per heavy atom. The van der Waals surface area contributed by atoms with E-state index in [0.29, 0.717) is 28.1 Å². The van der Waals surface area contributed by atoms with Crippen LogP contribution in [0.2, 0.25) is 0 Å². The molecule has 2 aromatic carbocycles. The standard InChI is InChI=1S/C16H16N6O2/c17-14(18)8-4-3-5-9(15(19)22-20)12(8)13-16(23)21-10-6-1-2-7-11(10)24-13/h1-7,13H,20H2,(H3,17,18)(H2,19,22)(H,21,23). The third-order valence-electron chi connectivity index (χ3n) is 3.70. The van der Waals surface area contributed by atoms with Crippen LogP contribution in [0.15, 0.2) is 47.6 Å². The van der Waals surface area contributed by atoms with Crippen LogP contribution in [0.3, 0.4) is 0 Å². The highest BCUT2D eigenvalue weighted by Gasteiger charge is 2.33. The number of hydrazone groups is 1. The maximum Gasteiger partial charge on any atom is 0.270 e. The third-order valence-corrected chi connectivity index (χ3v) is 3.70. The number of carbonyl (C=O) groups is 1. The van der Waals surface area contributed by atoms with Gasteiger partial charge in [-0.1, -0.05) is 30.3 Å². The second-order valence-corrected chi connectivity index (χ2v) is 5.18. The van der Waals surface area contributed by atoms with Gasteiger partial charge in [0.05, 0.1) is 5.69 Å². The molecule has 0 fully saturated rings. The highest BCUT2D eigenvalue weighted by molar-refractivity contribution is 6.08. The number of rotatable bonds is 3. The molecule has 3 rings (SSSR count). The maximum atomic E-state index is 12.5. The number of nitrogen functional groups attached to an aromatic ring is 1. The molecule has 8 heteroatoms. The summed E-state index contributed by atoms with van der Waals surface area (Å²) in [6.45, 7) is 0. The lowest BCUT2D eigenvalue weighted by Gasteiger charge is -2.28. The van der Waals surface area contributed by atoms with Crippen molar-refractivity contribution in [1.82, 2.24) is 0 Å². The maximum absolute atomic E-state index is 12.5. The second kappa shape index (κ2) is 5.92. The van der Waals surface area contributed by atoms with Crippen molar-refractivity contribution in [3.63, 3.8) is 0 Å². The summed E-state index contributed by atoms with van der Waals surface area (Å²) < 4.78 is 5.84. The molecule has 0 bridgehead atoms. The SMILES string of the molecule is N=C(N)c1cccc(/C(N)=N/N)c1C1Oc2ccccc2NC1=O. The molecule has 1 amide bonds. The number of hydrogen-bond acceptors (Lipinski definition) is 5. The Kier molecular flexibility index (Phi) is 3.78. The van der Waals surface area contributed by atoms with E-state index in [-0.39, 0.29) is 11.7 Å². The Hall–Kier alpha value is -3.55. The topological polar surface area (TPSA) is 153 Å². The van der Waals surface area contributed by atoms with Crippen molar-refractivity contribution in [2.45, 2.75) is 6.10 Å². The Bertz CT molecular complexity index is 861. The van der Waals surface area contributed by atoms with Crippen LogP contribution in [-0.4, -0.2) is 17.6 Å². The summed E-state index contributed by atoms with van der Waals surface area (Å²) in [6.07, 6.45) is -1.03. The fourth-order valence-electron chi connectivity index (χ4n) is 2.62. The normalized spacial score (nSPS) is 16.8. The number of anilines is 1. The average molecular weight is 324 g/mol. The van der Waals surface area contributed by atoms with E-state index in [1.165, 1.54) is 0 Å². The molecule has 1 aliphatic heterocycles. The van der Waals surface area contributed by atoms with Crippen molar-refractivity contribution >= 4 is 23.3 Å². The van der Waals surface area contributed by atoms with Crippen LogP contribution >= 0.6 is 0 Å². The number of para-hydroxylation sites is 2. The van der Waals surface area contributed by atoms with Crippen LogP contribution in [0.1, 0.15) is 22.8 Å². The lowest BCUT2D eigenvalue weighted by Crippen LogP contribution is -2.34. The molecule has 1 aliphatic rings. The van der Waals surface area contributed by atoms with Gasteiger partial charge < -0.3 is 27.4 Å². The number of fused-ring (bicyclic) bond motifs is 1. The highest BCUT2D eigenvalue weighted by Crippen LogP contribution is 2.36. The third kappa shape index (κ3) is 2.50. The largest absolute Gasteiger partial charge is 0.474 e. The summed E-state index contributed by atoms with van der Waals surface area (Å²) in [7, 11) is 0. The van der Waals surface area contributed by atoms with E-state index < -0.39 is 12.0 Å². The van der Waals surface area contributed by atoms with E-state index in [2.05, 4.69) is 10.4 Å². The number of amides is 1. The van der Waals surface area contributed by atoms with E-state index in [1.807, 2.05) is 0 Å². The van der Waals surface area contributed by atoms with Gasteiger partial charge in [-0.2, -0.15) is 5.10 Å². The Balaban J connectivity index is 2.18. The molecule has 0 aromatic heterocycles. The van der Waals surface area contributed by atoms with Crippen molar-refractivity contribution in [2.75, 3.05) is 5.32 Å². The molecule has 1 atom stereocenters. The summed E-state index contributed by atoms with van der Waals surface area (Å²) >= 11 is 0. The molecule has 0 saturated heterocycles. The number of ether oxygens (including phenoxy) is 1. The van der Waals surface area contributed by atoms with Gasteiger partial charge in [0, 0.05) is 16.7 Å². The molecule has 1 heterocycles. The molecule has 0 radical (unpaired) electrons. The fraction of sp³-hybridized carbons (Fsp3) is 0.0625. The number of hydrogen-bond donors (Lipinski definition) is 5. The van der Waals surface area contributed by atoms with E-state index in [4.69, 9.17) is 27.5 Å². The average Bonchev–Trinajstić information content (AvgIpc) is 2.59. The van der Waals surface area contributed by atoms with E-state index in [0.717, 1.165) is 0 Å². The summed E-state index contributed by atoms with van der Waals surface area (Å²) in [4.78, 5) is 12.5. The number of nitrogens with one attached hydrogen (secondary N) is 2. The lowest BCUT2D eigenvalue weighted by atomic mass is 9.93. The van der Waals surface area contributed by atoms with E-state index >= 15 is 0 Å². The first-order valence-electron chi connectivity index (χ1n) is 7.10. The zero-order valence-corrected chi connectivity index (χ0v) is 12.6. The smallest absolute Gasteiger partial charge is 0.270 e. The van der Waals surface area contributed by atoms with Gasteiger partial charge >= 0.3 is 0 Å². The van der Waals surface area contributed by atoms with Crippen molar-refractivity contribution in [3.8, 4) is 5.75 Å². The molecule has 24 heavy (non-hydrogen) atoms. The zero-order valence-electron chi connectivity index (χ0n) is 12.6. The van der Waals surface area contributed by atoms with Crippen LogP contribution < -0.4 is 27.4 Å². The Morgan fingerprint density at radius 2 is 1.83 bits per heavy atom. The summed E-state index contributed by atoms with van der Waals surface area (Å²) in [6, 6.07) is 12.0. The number of amidine groups is 2. The Morgan fingerprint density at radius 1 is 1.12 bits per heavy atom. The minimum atomic E-state index is -1.03. The minimum Gasteiger partial charge on any atom is -0.474 e. The van der Waals surface area contributed by atoms with E-state index in [9.17, 15) is 4.79 Å². The molecule has 8 nitrogen and oxygen atoms in total. The molecule has 0 aliphatic carbocycles. The first-order chi connectivity index (χ1) is 11.5. The second-order valence-electron chi connectivity index (χ2n) is 5.18. The van der Waals surface area contributed by atoms with Gasteiger partial charge in [0.25, 0.3) is 5.91 Å². The van der Waals surface area contributed by atoms with Gasteiger partial charge in [0.1, 0.15) is 11.6 Å². The van der Waals surface area contributed by atoms with Gasteiger partial charge in [-0.15, -0.1) is 0 Å². The van der Waals surface area contributed by atoms with Gasteiger partial charge in [-0.3, -0.25) is 10.2 Å². The molecule has 0 saturated carbocycles. The molecular formula is C16H16N6O2. The quantitative estimate of drug-likeness (QED) is 0.242. The molecule has 8 N–H and O–H groups in total. The van der Waals surface area contributed by atoms with Gasteiger partial charge in [0.2, 0.25) is 6.10 Å². The van der Waals surface area contributed by atoms with E-state index in [1.54, 1.807) is 42.5 Å². The van der Waals surface area contributed by atoms with Crippen LogP contribution in [0, 0.1) is 5.41 Å². The van der Waals surface area contributed by atoms with Gasteiger partial charge in [-0.25, -0.2) is 0 Å². The summed E-state index contributed by atoms with van der Waals surface area (Å²) in [5.41, 5.74) is 13.1. The molecule has 2 aromatic rings. The fourth-order valence-corrected chi connectivity index (χ4v) is 2.62. The first kappa shape index (κ1) is 15.3. The van der Waals surface area contributed by atoms with Crippen molar-refractivity contribution in [3.05, 3.63) is 59.2 Å². The molecular weight excluding hydrogens is 308 g/mol. The number of benzene rings is 2. The highest BCUT2D eigenvalue weighted by atomic mass is 16.5. The number of nitrogens with zero attached hydrogens (tertiary/aromatic N) is 1. The van der Waals surface area contributed by atoms with Crippen molar-refractivity contribution < 1.29 is 9.53 Å². The minimum absolute atomic E-state index is 0.0170. The monoisotopic (exact) mass is 324 g/mol. The Labute approximate surface area is 137 Å². The van der Waals surface area contributed by atoms with Gasteiger partial charge in [-0.05, 0) is 12.1 Å². The van der Waals surface area contributed by atoms with Crippen LogP contribution in [0.25, 0.3) is 0 Å².